The maximum absolute atomic E-state index is 4.57. The molecule has 0 saturated carbocycles. The fraction of sp³-hybridized carbons (Fsp3) is 0.0556. The number of thiophene rings is 1. The van der Waals surface area contributed by atoms with Gasteiger partial charge in [-0.3, -0.25) is 9.67 Å². The molecule has 24 heavy (non-hydrogen) atoms. The third-order valence-corrected chi connectivity index (χ3v) is 5.28. The van der Waals surface area contributed by atoms with Crippen LogP contribution < -0.4 is 0 Å². The van der Waals surface area contributed by atoms with Crippen LogP contribution in [-0.2, 0) is 7.05 Å². The summed E-state index contributed by atoms with van der Waals surface area (Å²) < 4.78 is 2.99. The average Bonchev–Trinajstić information content (AvgIpc) is 3.30. The fourth-order valence-corrected chi connectivity index (χ4v) is 4.01. The minimum atomic E-state index is 0.897. The Morgan fingerprint density at radius 1 is 1.12 bits per heavy atom. The van der Waals surface area contributed by atoms with E-state index in [1.54, 1.807) is 16.0 Å². The number of hydrogen-bond acceptors (Lipinski definition) is 4. The molecule has 0 aliphatic rings. The van der Waals surface area contributed by atoms with Gasteiger partial charge in [0.05, 0.1) is 10.9 Å². The van der Waals surface area contributed by atoms with Gasteiger partial charge in [-0.05, 0) is 23.6 Å². The molecule has 0 aliphatic carbocycles. The molecule has 0 spiro atoms. The van der Waals surface area contributed by atoms with Gasteiger partial charge in [-0.1, -0.05) is 0 Å². The topological polar surface area (TPSA) is 59.4 Å². The Morgan fingerprint density at radius 2 is 2.08 bits per heavy atom. The van der Waals surface area contributed by atoms with Crippen LogP contribution in [0, 0.1) is 0 Å². The predicted molar refractivity (Wildman–Crippen MR) is 96.9 cm³/mol. The number of hydrogen-bond donors (Lipinski definition) is 1. The van der Waals surface area contributed by atoms with Crippen molar-refractivity contribution in [1.29, 1.82) is 0 Å². The van der Waals surface area contributed by atoms with Crippen LogP contribution in [0.1, 0.15) is 0 Å². The van der Waals surface area contributed by atoms with Gasteiger partial charge in [-0.25, -0.2) is 4.98 Å². The van der Waals surface area contributed by atoms with Gasteiger partial charge in [0, 0.05) is 65.0 Å². The second-order valence-electron chi connectivity index (χ2n) is 5.75. The third kappa shape index (κ3) is 2.04. The molecule has 0 fully saturated rings. The zero-order valence-electron chi connectivity index (χ0n) is 12.9. The van der Waals surface area contributed by atoms with E-state index in [0.717, 1.165) is 22.2 Å². The van der Waals surface area contributed by atoms with Gasteiger partial charge in [0.1, 0.15) is 5.65 Å². The average molecular weight is 331 g/mol. The molecule has 0 amide bonds. The van der Waals surface area contributed by atoms with E-state index in [2.05, 4.69) is 32.2 Å². The molecule has 0 saturated heterocycles. The number of fused-ring (bicyclic) bond motifs is 2. The molecule has 0 aromatic carbocycles. The van der Waals surface area contributed by atoms with Crippen molar-refractivity contribution in [2.75, 3.05) is 0 Å². The molecule has 5 aromatic rings. The molecular formula is C18H13N5S. The molecule has 0 unspecified atom stereocenters. The van der Waals surface area contributed by atoms with Crippen molar-refractivity contribution < 1.29 is 0 Å². The fourth-order valence-electron chi connectivity index (χ4n) is 2.95. The monoisotopic (exact) mass is 331 g/mol. The highest BCUT2D eigenvalue weighted by atomic mass is 32.1. The first kappa shape index (κ1) is 13.4. The number of H-pyrrole nitrogens is 1. The van der Waals surface area contributed by atoms with Crippen LogP contribution in [-0.4, -0.2) is 24.7 Å². The smallest absolute Gasteiger partial charge is 0.137 e. The second-order valence-corrected chi connectivity index (χ2v) is 6.83. The number of aryl methyl sites for hydroxylation is 1. The van der Waals surface area contributed by atoms with Gasteiger partial charge in [-0.2, -0.15) is 5.10 Å². The third-order valence-electron chi connectivity index (χ3n) is 4.16. The van der Waals surface area contributed by atoms with Crippen LogP contribution in [0.25, 0.3) is 42.7 Å². The molecule has 0 bridgehead atoms. The van der Waals surface area contributed by atoms with Gasteiger partial charge in [0.15, 0.2) is 0 Å². The number of rotatable bonds is 2. The summed E-state index contributed by atoms with van der Waals surface area (Å²) in [6, 6.07) is 6.43. The molecule has 6 heteroatoms. The Balaban J connectivity index is 1.70. The van der Waals surface area contributed by atoms with Crippen molar-refractivity contribution in [2.24, 2.45) is 7.05 Å². The molecule has 0 radical (unpaired) electrons. The van der Waals surface area contributed by atoms with Crippen LogP contribution >= 0.6 is 11.3 Å². The van der Waals surface area contributed by atoms with Gasteiger partial charge in [-0.15, -0.1) is 11.3 Å². The Hall–Kier alpha value is -2.99. The Labute approximate surface area is 141 Å². The summed E-state index contributed by atoms with van der Waals surface area (Å²) in [4.78, 5) is 13.3. The minimum absolute atomic E-state index is 0.897. The van der Waals surface area contributed by atoms with E-state index in [1.165, 1.54) is 20.5 Å². The van der Waals surface area contributed by atoms with Crippen molar-refractivity contribution in [3.05, 3.63) is 55.4 Å². The first-order valence-corrected chi connectivity index (χ1v) is 8.40. The maximum Gasteiger partial charge on any atom is 0.137 e. The molecule has 116 valence electrons. The second kappa shape index (κ2) is 5.01. The normalized spacial score (nSPS) is 11.5. The van der Waals surface area contributed by atoms with Gasteiger partial charge >= 0.3 is 0 Å². The van der Waals surface area contributed by atoms with E-state index in [9.17, 15) is 0 Å². The van der Waals surface area contributed by atoms with E-state index >= 15 is 0 Å². The maximum atomic E-state index is 4.57. The van der Waals surface area contributed by atoms with Crippen LogP contribution in [0.2, 0.25) is 0 Å². The largest absolute Gasteiger partial charge is 0.345 e. The lowest BCUT2D eigenvalue weighted by Gasteiger charge is -1.99. The number of nitrogens with zero attached hydrogens (tertiary/aromatic N) is 4. The van der Waals surface area contributed by atoms with Crippen LogP contribution in [0.5, 0.6) is 0 Å². The minimum Gasteiger partial charge on any atom is -0.345 e. The predicted octanol–water partition coefficient (Wildman–Crippen LogP) is 4.24. The molecule has 0 atom stereocenters. The lowest BCUT2D eigenvalue weighted by atomic mass is 10.1. The molecule has 5 aromatic heterocycles. The molecule has 0 aliphatic heterocycles. The summed E-state index contributed by atoms with van der Waals surface area (Å²) in [5, 5.41) is 6.59. The van der Waals surface area contributed by atoms with Gasteiger partial charge < -0.3 is 4.98 Å². The molecular weight excluding hydrogens is 318 g/mol. The number of aromatic nitrogens is 5. The number of pyridine rings is 2. The first-order valence-electron chi connectivity index (χ1n) is 7.58. The van der Waals surface area contributed by atoms with E-state index in [4.69, 9.17) is 0 Å². The zero-order valence-corrected chi connectivity index (χ0v) is 13.7. The molecule has 1 N–H and O–H groups in total. The summed E-state index contributed by atoms with van der Waals surface area (Å²) in [7, 11) is 1.92. The Kier molecular flexibility index (Phi) is 2.80. The van der Waals surface area contributed by atoms with Crippen molar-refractivity contribution in [2.45, 2.75) is 0 Å². The summed E-state index contributed by atoms with van der Waals surface area (Å²) in [5.41, 5.74) is 4.21. The van der Waals surface area contributed by atoms with E-state index < -0.39 is 0 Å². The summed E-state index contributed by atoms with van der Waals surface area (Å²) >= 11 is 1.75. The first-order chi connectivity index (χ1) is 11.8. The highest BCUT2D eigenvalue weighted by Crippen LogP contribution is 2.37. The SMILES string of the molecule is Cn1cc(-c2cnc3[nH]cc(-c4cc5ccncc5s4)c3c2)cn1. The van der Waals surface area contributed by atoms with E-state index in [-0.39, 0.29) is 0 Å². The lowest BCUT2D eigenvalue weighted by Crippen LogP contribution is -1.84. The van der Waals surface area contributed by atoms with Crippen LogP contribution in [0.15, 0.2) is 55.4 Å². The highest BCUT2D eigenvalue weighted by molar-refractivity contribution is 7.22. The highest BCUT2D eigenvalue weighted by Gasteiger charge is 2.12. The molecule has 5 heterocycles. The standard InChI is InChI=1S/C18H13N5S/c1-23-10-13(7-22-23)12-4-14-15(8-21-18(14)20-6-12)16-5-11-2-3-19-9-17(11)24-16/h2-10H,1H3,(H,20,21). The zero-order chi connectivity index (χ0) is 16.1. The van der Waals surface area contributed by atoms with E-state index in [0.29, 0.717) is 0 Å². The van der Waals surface area contributed by atoms with Crippen molar-refractivity contribution >= 4 is 32.5 Å². The van der Waals surface area contributed by atoms with Crippen molar-refractivity contribution in [1.82, 2.24) is 24.7 Å². The molecule has 5 rings (SSSR count). The van der Waals surface area contributed by atoms with Crippen LogP contribution in [0.3, 0.4) is 0 Å². The van der Waals surface area contributed by atoms with Gasteiger partial charge in [0.25, 0.3) is 0 Å². The molecule has 5 nitrogen and oxygen atoms in total. The quantitative estimate of drug-likeness (QED) is 0.526. The van der Waals surface area contributed by atoms with Crippen LogP contribution in [0.4, 0.5) is 0 Å². The summed E-state index contributed by atoms with van der Waals surface area (Å²) in [6.07, 6.45) is 11.5. The number of nitrogens with one attached hydrogen (secondary N) is 1. The van der Waals surface area contributed by atoms with Crippen molar-refractivity contribution in [3.63, 3.8) is 0 Å². The lowest BCUT2D eigenvalue weighted by molar-refractivity contribution is 0.768. The summed E-state index contributed by atoms with van der Waals surface area (Å²) in [6.45, 7) is 0. The Bertz CT molecular complexity index is 1150. The summed E-state index contributed by atoms with van der Waals surface area (Å²) in [5.74, 6) is 0. The van der Waals surface area contributed by atoms with E-state index in [1.807, 2.05) is 50.3 Å². The van der Waals surface area contributed by atoms with Crippen molar-refractivity contribution in [3.8, 4) is 21.6 Å². The number of aromatic amines is 1. The van der Waals surface area contributed by atoms with Gasteiger partial charge in [0.2, 0.25) is 0 Å². The Morgan fingerprint density at radius 3 is 2.92 bits per heavy atom.